The molecule has 0 saturated heterocycles. The first kappa shape index (κ1) is 15.8. The van der Waals surface area contributed by atoms with Gasteiger partial charge in [-0.1, -0.05) is 29.8 Å². The number of benzene rings is 2. The molecule has 7 heteroatoms. The average molecular weight is 356 g/mol. The van der Waals surface area contributed by atoms with Gasteiger partial charge in [-0.05, 0) is 30.9 Å². The summed E-state index contributed by atoms with van der Waals surface area (Å²) in [5.74, 6) is 0.476. The Morgan fingerprint density at radius 3 is 2.68 bits per heavy atom. The molecule has 25 heavy (non-hydrogen) atoms. The second kappa shape index (κ2) is 5.97. The van der Waals surface area contributed by atoms with Crippen LogP contribution in [0, 0.1) is 16.0 Å². The highest BCUT2D eigenvalue weighted by atomic mass is 35.5. The monoisotopic (exact) mass is 355 g/mol. The smallest absolute Gasteiger partial charge is 0.292 e. The first-order chi connectivity index (χ1) is 12.0. The fourth-order valence-electron chi connectivity index (χ4n) is 2.98. The molecule has 1 saturated carbocycles. The maximum absolute atomic E-state index is 12.6. The lowest BCUT2D eigenvalue weighted by Gasteiger charge is -2.13. The van der Waals surface area contributed by atoms with Crippen molar-refractivity contribution in [1.29, 1.82) is 0 Å². The summed E-state index contributed by atoms with van der Waals surface area (Å²) >= 11 is 6.27. The molecule has 0 radical (unpaired) electrons. The van der Waals surface area contributed by atoms with Crippen LogP contribution < -0.4 is 5.69 Å². The lowest BCUT2D eigenvalue weighted by molar-refractivity contribution is -0.384. The molecule has 0 atom stereocenters. The Hall–Kier alpha value is -2.73. The largest absolute Gasteiger partial charge is 0.348 e. The van der Waals surface area contributed by atoms with Gasteiger partial charge in [0.25, 0.3) is 5.69 Å². The number of halogens is 1. The van der Waals surface area contributed by atoms with Gasteiger partial charge in [0, 0.05) is 34.6 Å². The number of hydrogen-bond acceptors (Lipinski definition) is 4. The van der Waals surface area contributed by atoms with Crippen molar-refractivity contribution in [2.24, 2.45) is 5.92 Å². The normalized spacial score (nSPS) is 14.0. The van der Waals surface area contributed by atoms with Crippen LogP contribution in [-0.4, -0.2) is 14.5 Å². The van der Waals surface area contributed by atoms with Crippen LogP contribution in [0.2, 0.25) is 5.02 Å². The first-order valence-corrected chi connectivity index (χ1v) is 8.36. The number of rotatable bonds is 4. The third kappa shape index (κ3) is 2.89. The molecule has 6 nitrogen and oxygen atoms in total. The number of nitrogens with zero attached hydrogens (tertiary/aromatic N) is 3. The van der Waals surface area contributed by atoms with Crippen LogP contribution in [0.15, 0.2) is 47.3 Å². The second-order valence-corrected chi connectivity index (χ2v) is 6.64. The van der Waals surface area contributed by atoms with Crippen molar-refractivity contribution in [2.45, 2.75) is 19.4 Å². The molecule has 0 unspecified atom stereocenters. The van der Waals surface area contributed by atoms with Gasteiger partial charge in [0.1, 0.15) is 0 Å². The minimum atomic E-state index is -0.452. The molecular weight excluding hydrogens is 342 g/mol. The van der Waals surface area contributed by atoms with Gasteiger partial charge in [-0.25, -0.2) is 4.79 Å². The molecule has 1 fully saturated rings. The van der Waals surface area contributed by atoms with E-state index in [9.17, 15) is 14.9 Å². The summed E-state index contributed by atoms with van der Waals surface area (Å²) in [5, 5.41) is 12.2. The maximum Gasteiger partial charge on any atom is 0.348 e. The maximum atomic E-state index is 12.6. The number of aromatic nitrogens is 2. The van der Waals surface area contributed by atoms with Crippen LogP contribution >= 0.6 is 11.6 Å². The standard InChI is InChI=1S/C18H14ClN3O3/c19-15-4-2-1-3-13(15)17-14-9-12(22(24)25)7-8-16(14)21(18(23)20-17)10-11-5-6-11/h1-4,7-9,11H,5-6,10H2. The molecule has 1 aliphatic carbocycles. The van der Waals surface area contributed by atoms with E-state index < -0.39 is 4.92 Å². The van der Waals surface area contributed by atoms with Crippen LogP contribution in [0.5, 0.6) is 0 Å². The number of nitro benzene ring substituents is 1. The Bertz CT molecular complexity index is 1060. The zero-order chi connectivity index (χ0) is 17.6. The number of hydrogen-bond donors (Lipinski definition) is 0. The van der Waals surface area contributed by atoms with Crippen molar-refractivity contribution in [1.82, 2.24) is 9.55 Å². The molecular formula is C18H14ClN3O3. The van der Waals surface area contributed by atoms with Crippen molar-refractivity contribution < 1.29 is 4.92 Å². The Morgan fingerprint density at radius 1 is 1.24 bits per heavy atom. The summed E-state index contributed by atoms with van der Waals surface area (Å²) < 4.78 is 1.61. The van der Waals surface area contributed by atoms with Gasteiger partial charge >= 0.3 is 5.69 Å². The van der Waals surface area contributed by atoms with Crippen molar-refractivity contribution >= 4 is 28.2 Å². The van der Waals surface area contributed by atoms with Crippen LogP contribution in [0.3, 0.4) is 0 Å². The topological polar surface area (TPSA) is 78.0 Å². The quantitative estimate of drug-likeness (QED) is 0.522. The number of non-ortho nitro benzene ring substituents is 1. The summed E-state index contributed by atoms with van der Waals surface area (Å²) in [6, 6.07) is 11.5. The van der Waals surface area contributed by atoms with E-state index in [0.717, 1.165) is 12.8 Å². The highest BCUT2D eigenvalue weighted by Gasteiger charge is 2.25. The molecule has 1 aliphatic rings. The summed E-state index contributed by atoms with van der Waals surface area (Å²) in [4.78, 5) is 27.5. The molecule has 1 aromatic heterocycles. The zero-order valence-corrected chi connectivity index (χ0v) is 13.9. The van der Waals surface area contributed by atoms with Gasteiger partial charge in [-0.2, -0.15) is 4.98 Å². The molecule has 4 rings (SSSR count). The Balaban J connectivity index is 2.04. The van der Waals surface area contributed by atoms with Gasteiger partial charge in [0.15, 0.2) is 0 Å². The summed E-state index contributed by atoms with van der Waals surface area (Å²) in [6.07, 6.45) is 2.18. The SMILES string of the molecule is O=c1nc(-c2ccccc2Cl)c2cc([N+](=O)[O-])ccc2n1CC1CC1. The van der Waals surface area contributed by atoms with E-state index in [0.29, 0.717) is 39.6 Å². The van der Waals surface area contributed by atoms with E-state index in [1.54, 1.807) is 34.9 Å². The van der Waals surface area contributed by atoms with Gasteiger partial charge in [-0.15, -0.1) is 0 Å². The Kier molecular flexibility index (Phi) is 3.77. The molecule has 1 heterocycles. The second-order valence-electron chi connectivity index (χ2n) is 6.24. The van der Waals surface area contributed by atoms with Crippen molar-refractivity contribution in [3.8, 4) is 11.3 Å². The van der Waals surface area contributed by atoms with E-state index in [2.05, 4.69) is 4.98 Å². The molecule has 0 bridgehead atoms. The summed E-state index contributed by atoms with van der Waals surface area (Å²) in [7, 11) is 0. The van der Waals surface area contributed by atoms with Crippen LogP contribution in [0.4, 0.5) is 5.69 Å². The molecule has 2 aromatic carbocycles. The Morgan fingerprint density at radius 2 is 2.00 bits per heavy atom. The van der Waals surface area contributed by atoms with Crippen molar-refractivity contribution in [3.05, 3.63) is 68.1 Å². The van der Waals surface area contributed by atoms with Crippen LogP contribution in [0.1, 0.15) is 12.8 Å². The van der Waals surface area contributed by atoms with Crippen LogP contribution in [-0.2, 0) is 6.54 Å². The minimum absolute atomic E-state index is 0.0424. The van der Waals surface area contributed by atoms with E-state index in [-0.39, 0.29) is 11.4 Å². The fourth-order valence-corrected chi connectivity index (χ4v) is 3.20. The van der Waals surface area contributed by atoms with Gasteiger partial charge in [-0.3, -0.25) is 14.7 Å². The molecule has 0 N–H and O–H groups in total. The lowest BCUT2D eigenvalue weighted by atomic mass is 10.1. The first-order valence-electron chi connectivity index (χ1n) is 7.98. The summed E-state index contributed by atoms with van der Waals surface area (Å²) in [5.41, 5.74) is 1.21. The van der Waals surface area contributed by atoms with Gasteiger partial charge in [0.2, 0.25) is 0 Å². The molecule has 0 aliphatic heterocycles. The van der Waals surface area contributed by atoms with Gasteiger partial charge < -0.3 is 0 Å². The third-order valence-corrected chi connectivity index (χ3v) is 4.77. The van der Waals surface area contributed by atoms with E-state index in [1.165, 1.54) is 12.1 Å². The minimum Gasteiger partial charge on any atom is -0.292 e. The summed E-state index contributed by atoms with van der Waals surface area (Å²) in [6.45, 7) is 0.586. The van der Waals surface area contributed by atoms with E-state index in [4.69, 9.17) is 11.6 Å². The van der Waals surface area contributed by atoms with Crippen molar-refractivity contribution in [3.63, 3.8) is 0 Å². The predicted molar refractivity (Wildman–Crippen MR) is 95.8 cm³/mol. The zero-order valence-electron chi connectivity index (χ0n) is 13.2. The molecule has 0 amide bonds. The fraction of sp³-hybridized carbons (Fsp3) is 0.222. The Labute approximate surface area is 147 Å². The molecule has 0 spiro atoms. The van der Waals surface area contributed by atoms with Crippen molar-refractivity contribution in [2.75, 3.05) is 0 Å². The average Bonchev–Trinajstić information content (AvgIpc) is 3.41. The lowest BCUT2D eigenvalue weighted by Crippen LogP contribution is -2.25. The highest BCUT2D eigenvalue weighted by Crippen LogP contribution is 2.35. The van der Waals surface area contributed by atoms with E-state index >= 15 is 0 Å². The number of fused-ring (bicyclic) bond motifs is 1. The van der Waals surface area contributed by atoms with Gasteiger partial charge in [0.05, 0.1) is 16.1 Å². The number of nitro groups is 1. The highest BCUT2D eigenvalue weighted by molar-refractivity contribution is 6.33. The van der Waals surface area contributed by atoms with E-state index in [1.807, 2.05) is 0 Å². The van der Waals surface area contributed by atoms with Crippen LogP contribution in [0.25, 0.3) is 22.2 Å². The predicted octanol–water partition coefficient (Wildman–Crippen LogP) is 4.04. The molecule has 126 valence electrons. The molecule has 3 aromatic rings. The third-order valence-electron chi connectivity index (χ3n) is 4.44.